The van der Waals surface area contributed by atoms with Gasteiger partial charge in [-0.2, -0.15) is 0 Å². The number of nitrogens with zero attached hydrogens (tertiary/aromatic N) is 1. The molecule has 0 unspecified atom stereocenters. The summed E-state index contributed by atoms with van der Waals surface area (Å²) in [5.74, 6) is 1.65. The van der Waals surface area contributed by atoms with Crippen molar-refractivity contribution in [1.29, 1.82) is 0 Å². The standard InChI is InChI=1S/C20H30N2O/c1-22(19-11-13-21-14-12-19)20(23)15-16-7-9-18(10-8-16)17-5-3-2-4-6-17/h2-6,16,18-19,21H,7-15H2,1H3. The van der Waals surface area contributed by atoms with Crippen LogP contribution >= 0.6 is 0 Å². The number of amides is 1. The van der Waals surface area contributed by atoms with Crippen LogP contribution in [0.15, 0.2) is 30.3 Å². The van der Waals surface area contributed by atoms with Gasteiger partial charge < -0.3 is 10.2 Å². The molecule has 0 radical (unpaired) electrons. The van der Waals surface area contributed by atoms with Gasteiger partial charge in [-0.15, -0.1) is 0 Å². The van der Waals surface area contributed by atoms with E-state index in [9.17, 15) is 4.79 Å². The maximum Gasteiger partial charge on any atom is 0.222 e. The Hall–Kier alpha value is -1.35. The molecule has 1 N–H and O–H groups in total. The minimum absolute atomic E-state index is 0.361. The first-order valence-corrected chi connectivity index (χ1v) is 9.25. The molecule has 3 rings (SSSR count). The van der Waals surface area contributed by atoms with Crippen molar-refractivity contribution in [3.05, 3.63) is 35.9 Å². The first-order valence-electron chi connectivity index (χ1n) is 9.25. The van der Waals surface area contributed by atoms with Gasteiger partial charge in [-0.05, 0) is 69.0 Å². The van der Waals surface area contributed by atoms with Crippen molar-refractivity contribution in [3.63, 3.8) is 0 Å². The Bertz CT molecular complexity index is 488. The molecule has 1 saturated heterocycles. The second-order valence-corrected chi connectivity index (χ2v) is 7.32. The van der Waals surface area contributed by atoms with E-state index in [1.54, 1.807) is 0 Å². The fourth-order valence-corrected chi connectivity index (χ4v) is 4.21. The number of hydrogen-bond acceptors (Lipinski definition) is 2. The molecule has 2 aliphatic rings. The maximum absolute atomic E-state index is 12.6. The van der Waals surface area contributed by atoms with Crippen molar-refractivity contribution >= 4 is 5.91 Å². The van der Waals surface area contributed by atoms with Crippen molar-refractivity contribution in [2.75, 3.05) is 20.1 Å². The number of rotatable bonds is 4. The molecule has 1 aromatic carbocycles. The van der Waals surface area contributed by atoms with Gasteiger partial charge in [0.05, 0.1) is 0 Å². The Morgan fingerprint density at radius 3 is 2.35 bits per heavy atom. The molecule has 23 heavy (non-hydrogen) atoms. The van der Waals surface area contributed by atoms with E-state index in [-0.39, 0.29) is 0 Å². The largest absolute Gasteiger partial charge is 0.343 e. The Morgan fingerprint density at radius 1 is 1.04 bits per heavy atom. The highest BCUT2D eigenvalue weighted by Crippen LogP contribution is 2.37. The summed E-state index contributed by atoms with van der Waals surface area (Å²) < 4.78 is 0. The number of hydrogen-bond donors (Lipinski definition) is 1. The lowest BCUT2D eigenvalue weighted by molar-refractivity contribution is -0.133. The maximum atomic E-state index is 12.6. The summed E-state index contributed by atoms with van der Waals surface area (Å²) in [5.41, 5.74) is 1.48. The Balaban J connectivity index is 1.45. The van der Waals surface area contributed by atoms with Crippen molar-refractivity contribution in [2.24, 2.45) is 5.92 Å². The molecule has 126 valence electrons. The number of benzene rings is 1. The van der Waals surface area contributed by atoms with Gasteiger partial charge >= 0.3 is 0 Å². The van der Waals surface area contributed by atoms with Gasteiger partial charge in [0, 0.05) is 19.5 Å². The molecule has 2 fully saturated rings. The monoisotopic (exact) mass is 314 g/mol. The molecule has 1 aliphatic heterocycles. The van der Waals surface area contributed by atoms with E-state index >= 15 is 0 Å². The fourth-order valence-electron chi connectivity index (χ4n) is 4.21. The van der Waals surface area contributed by atoms with Gasteiger partial charge in [-0.25, -0.2) is 0 Å². The lowest BCUT2D eigenvalue weighted by Gasteiger charge is -2.34. The van der Waals surface area contributed by atoms with Gasteiger partial charge in [-0.3, -0.25) is 4.79 Å². The summed E-state index contributed by atoms with van der Waals surface area (Å²) in [7, 11) is 2.01. The van der Waals surface area contributed by atoms with Crippen LogP contribution in [0, 0.1) is 5.92 Å². The van der Waals surface area contributed by atoms with Crippen LogP contribution in [0.1, 0.15) is 56.4 Å². The van der Waals surface area contributed by atoms with E-state index in [1.165, 1.54) is 31.2 Å². The average molecular weight is 314 g/mol. The first-order chi connectivity index (χ1) is 11.2. The molecule has 3 heteroatoms. The van der Waals surface area contributed by atoms with E-state index in [4.69, 9.17) is 0 Å². The molecule has 0 spiro atoms. The topological polar surface area (TPSA) is 32.3 Å². The highest BCUT2D eigenvalue weighted by atomic mass is 16.2. The smallest absolute Gasteiger partial charge is 0.222 e. The molecule has 0 aromatic heterocycles. The highest BCUT2D eigenvalue weighted by Gasteiger charge is 2.27. The minimum atomic E-state index is 0.361. The third-order valence-electron chi connectivity index (χ3n) is 5.83. The summed E-state index contributed by atoms with van der Waals surface area (Å²) in [4.78, 5) is 14.6. The van der Waals surface area contributed by atoms with Crippen LogP contribution in [-0.2, 0) is 4.79 Å². The van der Waals surface area contributed by atoms with Crippen molar-refractivity contribution < 1.29 is 4.79 Å². The van der Waals surface area contributed by atoms with Crippen LogP contribution in [0.25, 0.3) is 0 Å². The van der Waals surface area contributed by atoms with Gasteiger partial charge in [0.1, 0.15) is 0 Å². The second-order valence-electron chi connectivity index (χ2n) is 7.32. The Morgan fingerprint density at radius 2 is 1.70 bits per heavy atom. The van der Waals surface area contributed by atoms with Gasteiger partial charge in [0.15, 0.2) is 0 Å². The fraction of sp³-hybridized carbons (Fsp3) is 0.650. The van der Waals surface area contributed by atoms with Gasteiger partial charge in [0.25, 0.3) is 0 Å². The Labute approximate surface area is 140 Å². The van der Waals surface area contributed by atoms with E-state index in [2.05, 4.69) is 35.6 Å². The predicted molar refractivity (Wildman–Crippen MR) is 94.4 cm³/mol. The average Bonchev–Trinajstić information content (AvgIpc) is 2.63. The zero-order chi connectivity index (χ0) is 16.1. The second kappa shape index (κ2) is 7.96. The van der Waals surface area contributed by atoms with Crippen LogP contribution in [0.3, 0.4) is 0 Å². The molecule has 0 bridgehead atoms. The molecule has 1 aliphatic carbocycles. The number of carbonyl (C=O) groups excluding carboxylic acids is 1. The van der Waals surface area contributed by atoms with Crippen LogP contribution < -0.4 is 5.32 Å². The molecule has 1 amide bonds. The van der Waals surface area contributed by atoms with Crippen molar-refractivity contribution in [3.8, 4) is 0 Å². The van der Waals surface area contributed by atoms with Crippen LogP contribution in [0.2, 0.25) is 0 Å². The lowest BCUT2D eigenvalue weighted by Crippen LogP contribution is -2.44. The van der Waals surface area contributed by atoms with Crippen molar-refractivity contribution in [1.82, 2.24) is 10.2 Å². The molecule has 1 heterocycles. The summed E-state index contributed by atoms with van der Waals surface area (Å²) in [6, 6.07) is 11.3. The third-order valence-corrected chi connectivity index (χ3v) is 5.83. The number of nitrogens with one attached hydrogen (secondary N) is 1. The summed E-state index contributed by atoms with van der Waals surface area (Å²) >= 11 is 0. The molecular formula is C20H30N2O. The molecule has 0 atom stereocenters. The zero-order valence-corrected chi connectivity index (χ0v) is 14.3. The number of carbonyl (C=O) groups is 1. The predicted octanol–water partition coefficient (Wildman–Crippen LogP) is 3.56. The zero-order valence-electron chi connectivity index (χ0n) is 14.3. The quantitative estimate of drug-likeness (QED) is 0.921. The number of piperidine rings is 1. The van der Waals surface area contributed by atoms with Crippen molar-refractivity contribution in [2.45, 2.75) is 56.9 Å². The van der Waals surface area contributed by atoms with Gasteiger partial charge in [-0.1, -0.05) is 30.3 Å². The normalized spacial score (nSPS) is 26.0. The van der Waals surface area contributed by atoms with E-state index in [1.807, 2.05) is 11.9 Å². The summed E-state index contributed by atoms with van der Waals surface area (Å²) in [5, 5.41) is 3.37. The van der Waals surface area contributed by atoms with E-state index < -0.39 is 0 Å². The van der Waals surface area contributed by atoms with Crippen LogP contribution in [-0.4, -0.2) is 37.0 Å². The molecular weight excluding hydrogens is 284 g/mol. The molecule has 1 aromatic rings. The van der Waals surface area contributed by atoms with Gasteiger partial charge in [0.2, 0.25) is 5.91 Å². The first kappa shape index (κ1) is 16.5. The SMILES string of the molecule is CN(C(=O)CC1CCC(c2ccccc2)CC1)C1CCNCC1. The van der Waals surface area contributed by atoms with Crippen LogP contribution in [0.5, 0.6) is 0 Å². The minimum Gasteiger partial charge on any atom is -0.343 e. The third kappa shape index (κ3) is 4.35. The van der Waals surface area contributed by atoms with E-state index in [0.29, 0.717) is 23.8 Å². The molecule has 3 nitrogen and oxygen atoms in total. The highest BCUT2D eigenvalue weighted by molar-refractivity contribution is 5.76. The summed E-state index contributed by atoms with van der Waals surface area (Å²) in [6.07, 6.45) is 7.82. The van der Waals surface area contributed by atoms with Crippen LogP contribution in [0.4, 0.5) is 0 Å². The summed E-state index contributed by atoms with van der Waals surface area (Å²) in [6.45, 7) is 2.09. The van der Waals surface area contributed by atoms with E-state index in [0.717, 1.165) is 32.4 Å². The lowest BCUT2D eigenvalue weighted by atomic mass is 9.77. The Kier molecular flexibility index (Phi) is 5.71. The molecule has 1 saturated carbocycles.